The summed E-state index contributed by atoms with van der Waals surface area (Å²) >= 11 is 0. The number of rotatable bonds is 6. The molecule has 1 unspecified atom stereocenters. The van der Waals surface area contributed by atoms with Crippen LogP contribution in [0.15, 0.2) is 42.7 Å². The highest BCUT2D eigenvalue weighted by molar-refractivity contribution is 5.15. The molecular formula is C18H26N4O. The molecule has 2 heterocycles. The molecule has 0 spiro atoms. The predicted molar refractivity (Wildman–Crippen MR) is 90.8 cm³/mol. The SMILES string of the molecule is Cn1cc(CN2CCN(Cc3ccccc3)C(CCO)C2)cn1. The summed E-state index contributed by atoms with van der Waals surface area (Å²) in [5.41, 5.74) is 2.60. The van der Waals surface area contributed by atoms with Crippen LogP contribution in [-0.2, 0) is 20.1 Å². The van der Waals surface area contributed by atoms with E-state index < -0.39 is 0 Å². The van der Waals surface area contributed by atoms with E-state index in [0.29, 0.717) is 6.04 Å². The van der Waals surface area contributed by atoms with Gasteiger partial charge in [-0.2, -0.15) is 5.10 Å². The molecule has 23 heavy (non-hydrogen) atoms. The molecule has 0 bridgehead atoms. The van der Waals surface area contributed by atoms with Crippen molar-refractivity contribution in [2.24, 2.45) is 7.05 Å². The first-order valence-electron chi connectivity index (χ1n) is 8.33. The van der Waals surface area contributed by atoms with E-state index in [4.69, 9.17) is 0 Å². The van der Waals surface area contributed by atoms with E-state index in [1.807, 2.05) is 17.9 Å². The lowest BCUT2D eigenvalue weighted by Crippen LogP contribution is -2.52. The highest BCUT2D eigenvalue weighted by atomic mass is 16.3. The summed E-state index contributed by atoms with van der Waals surface area (Å²) in [6, 6.07) is 11.0. The van der Waals surface area contributed by atoms with Crippen molar-refractivity contribution in [3.8, 4) is 0 Å². The molecule has 1 aliphatic heterocycles. The fourth-order valence-corrected chi connectivity index (χ4v) is 3.36. The number of aliphatic hydroxyl groups excluding tert-OH is 1. The highest BCUT2D eigenvalue weighted by Crippen LogP contribution is 2.18. The number of benzene rings is 1. The maximum atomic E-state index is 9.42. The monoisotopic (exact) mass is 314 g/mol. The zero-order chi connectivity index (χ0) is 16.1. The lowest BCUT2D eigenvalue weighted by atomic mass is 10.1. The normalized spacial score (nSPS) is 20.0. The van der Waals surface area contributed by atoms with Crippen LogP contribution < -0.4 is 0 Å². The van der Waals surface area contributed by atoms with E-state index in [2.05, 4.69) is 51.4 Å². The van der Waals surface area contributed by atoms with Crippen LogP contribution in [0.5, 0.6) is 0 Å². The largest absolute Gasteiger partial charge is 0.396 e. The molecule has 2 aromatic rings. The number of aryl methyl sites for hydroxylation is 1. The third kappa shape index (κ3) is 4.41. The molecular weight excluding hydrogens is 288 g/mol. The lowest BCUT2D eigenvalue weighted by Gasteiger charge is -2.41. The van der Waals surface area contributed by atoms with Crippen molar-refractivity contribution in [3.05, 3.63) is 53.9 Å². The van der Waals surface area contributed by atoms with Gasteiger partial charge in [0.1, 0.15) is 0 Å². The second kappa shape index (κ2) is 7.73. The molecule has 1 N–H and O–H groups in total. The van der Waals surface area contributed by atoms with E-state index in [-0.39, 0.29) is 6.61 Å². The van der Waals surface area contributed by atoms with Gasteiger partial charge in [-0.05, 0) is 12.0 Å². The molecule has 1 aliphatic rings. The molecule has 1 fully saturated rings. The number of piperazine rings is 1. The fourth-order valence-electron chi connectivity index (χ4n) is 3.36. The molecule has 1 saturated heterocycles. The van der Waals surface area contributed by atoms with Gasteiger partial charge in [-0.3, -0.25) is 14.5 Å². The average Bonchev–Trinajstić information content (AvgIpc) is 2.96. The molecule has 1 atom stereocenters. The first kappa shape index (κ1) is 16.2. The van der Waals surface area contributed by atoms with Gasteiger partial charge in [0.2, 0.25) is 0 Å². The second-order valence-electron chi connectivity index (χ2n) is 6.38. The van der Waals surface area contributed by atoms with Crippen LogP contribution in [0.3, 0.4) is 0 Å². The summed E-state index contributed by atoms with van der Waals surface area (Å²) in [5, 5.41) is 13.7. The maximum absolute atomic E-state index is 9.42. The minimum absolute atomic E-state index is 0.247. The van der Waals surface area contributed by atoms with Crippen molar-refractivity contribution in [1.82, 2.24) is 19.6 Å². The predicted octanol–water partition coefficient (Wildman–Crippen LogP) is 1.49. The Morgan fingerprint density at radius 1 is 1.13 bits per heavy atom. The zero-order valence-corrected chi connectivity index (χ0v) is 13.8. The van der Waals surface area contributed by atoms with Crippen molar-refractivity contribution >= 4 is 0 Å². The first-order chi connectivity index (χ1) is 11.2. The summed E-state index contributed by atoms with van der Waals surface area (Å²) < 4.78 is 1.85. The van der Waals surface area contributed by atoms with E-state index >= 15 is 0 Å². The Morgan fingerprint density at radius 2 is 1.96 bits per heavy atom. The Bertz CT molecular complexity index is 598. The molecule has 5 heteroatoms. The number of hydrogen-bond donors (Lipinski definition) is 1. The third-order valence-electron chi connectivity index (χ3n) is 4.54. The molecule has 1 aromatic carbocycles. The zero-order valence-electron chi connectivity index (χ0n) is 13.8. The summed E-state index contributed by atoms with van der Waals surface area (Å²) in [5.74, 6) is 0. The Balaban J connectivity index is 1.61. The summed E-state index contributed by atoms with van der Waals surface area (Å²) in [6.07, 6.45) is 4.85. The highest BCUT2D eigenvalue weighted by Gasteiger charge is 2.26. The Morgan fingerprint density at radius 3 is 2.65 bits per heavy atom. The van der Waals surface area contributed by atoms with Gasteiger partial charge in [0.05, 0.1) is 6.20 Å². The fraction of sp³-hybridized carbons (Fsp3) is 0.500. The first-order valence-corrected chi connectivity index (χ1v) is 8.33. The quantitative estimate of drug-likeness (QED) is 0.877. The maximum Gasteiger partial charge on any atom is 0.0534 e. The van der Waals surface area contributed by atoms with Crippen molar-refractivity contribution in [2.75, 3.05) is 26.2 Å². The minimum Gasteiger partial charge on any atom is -0.396 e. The van der Waals surface area contributed by atoms with Gasteiger partial charge in [0.25, 0.3) is 0 Å². The van der Waals surface area contributed by atoms with Crippen LogP contribution in [0.1, 0.15) is 17.5 Å². The van der Waals surface area contributed by atoms with Crippen LogP contribution in [0, 0.1) is 0 Å². The average molecular weight is 314 g/mol. The number of aromatic nitrogens is 2. The number of aliphatic hydroxyl groups is 1. The van der Waals surface area contributed by atoms with Gasteiger partial charge >= 0.3 is 0 Å². The van der Waals surface area contributed by atoms with E-state index in [0.717, 1.165) is 39.1 Å². The van der Waals surface area contributed by atoms with Gasteiger partial charge in [-0.1, -0.05) is 30.3 Å². The lowest BCUT2D eigenvalue weighted by molar-refractivity contribution is 0.0500. The topological polar surface area (TPSA) is 44.5 Å². The Kier molecular flexibility index (Phi) is 5.43. The van der Waals surface area contributed by atoms with Crippen LogP contribution in [-0.4, -0.2) is 57.0 Å². The van der Waals surface area contributed by atoms with Crippen molar-refractivity contribution < 1.29 is 5.11 Å². The molecule has 3 rings (SSSR count). The molecule has 5 nitrogen and oxygen atoms in total. The van der Waals surface area contributed by atoms with Gasteiger partial charge in [0, 0.05) is 64.2 Å². The van der Waals surface area contributed by atoms with E-state index in [1.165, 1.54) is 11.1 Å². The van der Waals surface area contributed by atoms with Gasteiger partial charge in [-0.15, -0.1) is 0 Å². The van der Waals surface area contributed by atoms with Gasteiger partial charge in [0.15, 0.2) is 0 Å². The Hall–Kier alpha value is -1.69. The van der Waals surface area contributed by atoms with Crippen molar-refractivity contribution in [3.63, 3.8) is 0 Å². The van der Waals surface area contributed by atoms with Gasteiger partial charge in [-0.25, -0.2) is 0 Å². The van der Waals surface area contributed by atoms with Crippen LogP contribution in [0.2, 0.25) is 0 Å². The number of hydrogen-bond acceptors (Lipinski definition) is 4. The standard InChI is InChI=1S/C18H26N4O/c1-20-12-17(11-19-20)13-21-8-9-22(18(15-21)7-10-23)14-16-5-3-2-4-6-16/h2-6,11-12,18,23H,7-10,13-15H2,1H3. The Labute approximate surface area is 138 Å². The van der Waals surface area contributed by atoms with E-state index in [1.54, 1.807) is 0 Å². The van der Waals surface area contributed by atoms with Gasteiger partial charge < -0.3 is 5.11 Å². The molecule has 0 saturated carbocycles. The molecule has 124 valence electrons. The summed E-state index contributed by atoms with van der Waals surface area (Å²) in [7, 11) is 1.95. The van der Waals surface area contributed by atoms with Crippen LogP contribution >= 0.6 is 0 Å². The third-order valence-corrected chi connectivity index (χ3v) is 4.54. The molecule has 0 radical (unpaired) electrons. The minimum atomic E-state index is 0.247. The number of nitrogens with zero attached hydrogens (tertiary/aromatic N) is 4. The summed E-state index contributed by atoms with van der Waals surface area (Å²) in [6.45, 7) is 5.25. The molecule has 0 amide bonds. The molecule has 0 aliphatic carbocycles. The van der Waals surface area contributed by atoms with Crippen LogP contribution in [0.25, 0.3) is 0 Å². The van der Waals surface area contributed by atoms with E-state index in [9.17, 15) is 5.11 Å². The summed E-state index contributed by atoms with van der Waals surface area (Å²) in [4.78, 5) is 4.98. The van der Waals surface area contributed by atoms with Crippen molar-refractivity contribution in [2.45, 2.75) is 25.6 Å². The second-order valence-corrected chi connectivity index (χ2v) is 6.38. The molecule has 1 aromatic heterocycles. The van der Waals surface area contributed by atoms with Crippen LogP contribution in [0.4, 0.5) is 0 Å². The smallest absolute Gasteiger partial charge is 0.0534 e. The van der Waals surface area contributed by atoms with Crippen molar-refractivity contribution in [1.29, 1.82) is 0 Å².